The summed E-state index contributed by atoms with van der Waals surface area (Å²) in [6.45, 7) is 6.95. The first kappa shape index (κ1) is 11.0. The third-order valence-corrected chi connectivity index (χ3v) is 1.79. The van der Waals surface area contributed by atoms with Gasteiger partial charge in [-0.2, -0.15) is 0 Å². The van der Waals surface area contributed by atoms with Crippen molar-refractivity contribution < 1.29 is 22.0 Å². The van der Waals surface area contributed by atoms with Crippen LogP contribution in [-0.2, 0) is 4.74 Å². The molecule has 0 aromatic rings. The summed E-state index contributed by atoms with van der Waals surface area (Å²) in [4.78, 5) is 1.52. The van der Waals surface area contributed by atoms with Crippen molar-refractivity contribution in [3.8, 4) is 0 Å². The topological polar surface area (TPSA) is 17.0 Å². The molecule has 1 N–H and O–H groups in total. The molecule has 1 rings (SSSR count). The van der Waals surface area contributed by atoms with Crippen molar-refractivity contribution in [3.63, 3.8) is 0 Å². The van der Waals surface area contributed by atoms with Crippen molar-refractivity contribution in [2.24, 2.45) is 0 Å². The zero-order valence-electron chi connectivity index (χ0n) is 6.98. The number of nitrogens with one attached hydrogen (secondary N) is 1. The Bertz CT molecular complexity index is 115. The average Bonchev–Trinajstić information content (AvgIpc) is 2.67. The van der Waals surface area contributed by atoms with E-state index in [2.05, 4.69) is 13.6 Å². The van der Waals surface area contributed by atoms with E-state index in [1.54, 1.807) is 0 Å². The van der Waals surface area contributed by atoms with E-state index in [-0.39, 0.29) is 12.4 Å². The number of quaternary nitrogens is 1. The Kier molecular flexibility index (Phi) is 5.56. The van der Waals surface area contributed by atoms with Gasteiger partial charge in [0, 0.05) is 6.42 Å². The lowest BCUT2D eigenvalue weighted by atomic mass is 10.3. The van der Waals surface area contributed by atoms with Gasteiger partial charge in [0.2, 0.25) is 0 Å². The molecule has 11 heavy (non-hydrogen) atoms. The molecule has 1 aliphatic rings. The lowest BCUT2D eigenvalue weighted by Crippen LogP contribution is -3.08. The molecule has 0 amide bonds. The molecule has 0 saturated carbocycles. The minimum atomic E-state index is 0. The monoisotopic (exact) mass is 177 g/mol. The van der Waals surface area contributed by atoms with Crippen molar-refractivity contribution in [2.45, 2.75) is 12.5 Å². The number of ether oxygens (including phenoxy) is 1. The molecule has 3 heteroatoms. The lowest BCUT2D eigenvalue weighted by Gasteiger charge is -2.09. The van der Waals surface area contributed by atoms with E-state index in [9.17, 15) is 0 Å². The van der Waals surface area contributed by atoms with Crippen LogP contribution in [0.15, 0.2) is 12.7 Å². The molecule has 66 valence electrons. The molecule has 2 unspecified atom stereocenters. The molecule has 0 aliphatic carbocycles. The summed E-state index contributed by atoms with van der Waals surface area (Å²) < 4.78 is 5.10. The highest BCUT2D eigenvalue weighted by Crippen LogP contribution is 2.10. The summed E-state index contributed by atoms with van der Waals surface area (Å²) in [7, 11) is 2.18. The molecule has 1 fully saturated rings. The second-order valence-corrected chi connectivity index (χ2v) is 2.94. The number of hydrogen-bond acceptors (Lipinski definition) is 1. The number of hydrogen-bond donors (Lipinski definition) is 1. The van der Waals surface area contributed by atoms with E-state index < -0.39 is 0 Å². The molecular formula is C8H16ClNO. The van der Waals surface area contributed by atoms with Crippen molar-refractivity contribution in [3.05, 3.63) is 12.7 Å². The van der Waals surface area contributed by atoms with Gasteiger partial charge in [0.1, 0.15) is 0 Å². The normalized spacial score (nSPS) is 23.5. The summed E-state index contributed by atoms with van der Waals surface area (Å²) in [5.41, 5.74) is 0. The lowest BCUT2D eigenvalue weighted by molar-refractivity contribution is -0.873. The highest BCUT2D eigenvalue weighted by atomic mass is 35.5. The van der Waals surface area contributed by atoms with Crippen LogP contribution in [0.5, 0.6) is 0 Å². The molecule has 0 radical (unpaired) electrons. The van der Waals surface area contributed by atoms with Gasteiger partial charge in [0.05, 0.1) is 32.8 Å². The molecule has 0 aromatic heterocycles. The number of halogens is 1. The molecule has 1 saturated heterocycles. The van der Waals surface area contributed by atoms with E-state index in [0.29, 0.717) is 6.10 Å². The highest BCUT2D eigenvalue weighted by molar-refractivity contribution is 4.68. The van der Waals surface area contributed by atoms with E-state index in [1.165, 1.54) is 17.9 Å². The zero-order chi connectivity index (χ0) is 7.40. The second kappa shape index (κ2) is 5.58. The Balaban J connectivity index is 0.000001000. The van der Waals surface area contributed by atoms with Gasteiger partial charge < -0.3 is 22.0 Å². The average molecular weight is 178 g/mol. The van der Waals surface area contributed by atoms with Gasteiger partial charge >= 0.3 is 0 Å². The van der Waals surface area contributed by atoms with Gasteiger partial charge in [0.25, 0.3) is 0 Å². The Morgan fingerprint density at radius 2 is 2.36 bits per heavy atom. The van der Waals surface area contributed by atoms with Gasteiger partial charge in [-0.25, -0.2) is 0 Å². The first-order chi connectivity index (χ1) is 4.83. The van der Waals surface area contributed by atoms with Crippen molar-refractivity contribution in [2.75, 3.05) is 26.7 Å². The smallest absolute Gasteiger partial charge is 0.0953 e. The summed E-state index contributed by atoms with van der Waals surface area (Å²) in [5.74, 6) is 0. The molecule has 0 aromatic carbocycles. The van der Waals surface area contributed by atoms with E-state index in [4.69, 9.17) is 4.74 Å². The van der Waals surface area contributed by atoms with Crippen molar-refractivity contribution >= 4 is 0 Å². The first-order valence-corrected chi connectivity index (χ1v) is 3.86. The summed E-state index contributed by atoms with van der Waals surface area (Å²) in [6.07, 6.45) is 3.75. The van der Waals surface area contributed by atoms with E-state index in [1.807, 2.05) is 6.08 Å². The van der Waals surface area contributed by atoms with E-state index in [0.717, 1.165) is 13.2 Å². The van der Waals surface area contributed by atoms with Crippen LogP contribution in [0, 0.1) is 0 Å². The molecule has 1 heterocycles. The standard InChI is InChI=1S/C8H15NO.ClH/c1-3-5-9(2)6-4-8-7-10-8;/h3,8H,1,4-7H2,2H3;1H. The van der Waals surface area contributed by atoms with Gasteiger partial charge in [-0.15, -0.1) is 0 Å². The third kappa shape index (κ3) is 5.24. The quantitative estimate of drug-likeness (QED) is 0.341. The minimum Gasteiger partial charge on any atom is -1.00 e. The number of rotatable bonds is 5. The minimum absolute atomic E-state index is 0. The Labute approximate surface area is 74.6 Å². The summed E-state index contributed by atoms with van der Waals surface area (Å²) >= 11 is 0. The van der Waals surface area contributed by atoms with Crippen LogP contribution in [0.25, 0.3) is 0 Å². The molecule has 1 aliphatic heterocycles. The summed E-state index contributed by atoms with van der Waals surface area (Å²) in [6, 6.07) is 0. The van der Waals surface area contributed by atoms with Crippen LogP contribution in [0.4, 0.5) is 0 Å². The van der Waals surface area contributed by atoms with Gasteiger partial charge in [-0.3, -0.25) is 0 Å². The molecular weight excluding hydrogens is 162 g/mol. The van der Waals surface area contributed by atoms with Gasteiger partial charge in [-0.1, -0.05) is 6.58 Å². The largest absolute Gasteiger partial charge is 1.00 e. The second-order valence-electron chi connectivity index (χ2n) is 2.94. The molecule has 2 atom stereocenters. The maximum Gasteiger partial charge on any atom is 0.0953 e. The summed E-state index contributed by atoms with van der Waals surface area (Å²) in [5, 5.41) is 0. The Morgan fingerprint density at radius 1 is 1.73 bits per heavy atom. The van der Waals surface area contributed by atoms with E-state index >= 15 is 0 Å². The third-order valence-electron chi connectivity index (χ3n) is 1.79. The number of likely N-dealkylation sites (N-methyl/N-ethyl adjacent to an activating group) is 1. The Hall–Kier alpha value is -0.0500. The van der Waals surface area contributed by atoms with Gasteiger partial charge in [-0.05, 0) is 6.08 Å². The molecule has 2 nitrogen and oxygen atoms in total. The van der Waals surface area contributed by atoms with Crippen LogP contribution in [0.2, 0.25) is 0 Å². The van der Waals surface area contributed by atoms with Crippen LogP contribution < -0.4 is 17.3 Å². The van der Waals surface area contributed by atoms with Crippen LogP contribution in [-0.4, -0.2) is 32.8 Å². The van der Waals surface area contributed by atoms with Crippen LogP contribution in [0.3, 0.4) is 0 Å². The highest BCUT2D eigenvalue weighted by Gasteiger charge is 2.22. The predicted octanol–water partition coefficient (Wildman–Crippen LogP) is -3.52. The Morgan fingerprint density at radius 3 is 2.82 bits per heavy atom. The predicted molar refractivity (Wildman–Crippen MR) is 41.2 cm³/mol. The van der Waals surface area contributed by atoms with Crippen molar-refractivity contribution in [1.82, 2.24) is 0 Å². The molecule has 0 bridgehead atoms. The first-order valence-electron chi connectivity index (χ1n) is 3.86. The zero-order valence-corrected chi connectivity index (χ0v) is 7.73. The molecule has 0 spiro atoms. The number of epoxide rings is 1. The fourth-order valence-corrected chi connectivity index (χ4v) is 0.991. The maximum absolute atomic E-state index is 5.10. The fourth-order valence-electron chi connectivity index (χ4n) is 0.991. The SMILES string of the molecule is C=CC[NH+](C)CCC1CO1.[Cl-]. The maximum atomic E-state index is 5.10. The van der Waals surface area contributed by atoms with Crippen molar-refractivity contribution in [1.29, 1.82) is 0 Å². The fraction of sp³-hybridized carbons (Fsp3) is 0.750. The van der Waals surface area contributed by atoms with Crippen LogP contribution >= 0.6 is 0 Å². The van der Waals surface area contributed by atoms with Gasteiger partial charge in [0.15, 0.2) is 0 Å². The van der Waals surface area contributed by atoms with Crippen LogP contribution in [0.1, 0.15) is 6.42 Å².